The summed E-state index contributed by atoms with van der Waals surface area (Å²) in [6.07, 6.45) is 1.43. The molecular formula is C12H22IN7. The molecule has 0 saturated carbocycles. The molecule has 7 nitrogen and oxygen atoms in total. The lowest BCUT2D eigenvalue weighted by molar-refractivity contribution is 0.508. The summed E-state index contributed by atoms with van der Waals surface area (Å²) in [5.41, 5.74) is 12.4. The van der Waals surface area contributed by atoms with Crippen LogP contribution in [0.15, 0.2) is 4.99 Å². The Labute approximate surface area is 136 Å². The Bertz CT molecular complexity index is 493. The van der Waals surface area contributed by atoms with Gasteiger partial charge in [-0.3, -0.25) is 10.1 Å². The van der Waals surface area contributed by atoms with Crippen molar-refractivity contribution in [2.24, 2.45) is 10.7 Å². The van der Waals surface area contributed by atoms with E-state index in [2.05, 4.69) is 20.5 Å². The van der Waals surface area contributed by atoms with Crippen molar-refractivity contribution in [3.8, 4) is 6.07 Å². The molecule has 112 valence electrons. The average Bonchev–Trinajstić information content (AvgIpc) is 2.63. The van der Waals surface area contributed by atoms with Gasteiger partial charge in [-0.05, 0) is 33.6 Å². The lowest BCUT2D eigenvalue weighted by atomic mass is 10.1. The van der Waals surface area contributed by atoms with Crippen LogP contribution in [0.3, 0.4) is 0 Å². The fourth-order valence-electron chi connectivity index (χ4n) is 1.58. The van der Waals surface area contributed by atoms with Gasteiger partial charge in [-0.25, -0.2) is 0 Å². The van der Waals surface area contributed by atoms with E-state index >= 15 is 0 Å². The molecule has 0 fully saturated rings. The van der Waals surface area contributed by atoms with Crippen LogP contribution >= 0.6 is 24.0 Å². The zero-order chi connectivity index (χ0) is 14.5. The summed E-state index contributed by atoms with van der Waals surface area (Å²) >= 11 is 0. The van der Waals surface area contributed by atoms with E-state index in [1.165, 1.54) is 0 Å². The maximum Gasteiger partial charge on any atom is 0.188 e. The van der Waals surface area contributed by atoms with Crippen molar-refractivity contribution < 1.29 is 0 Å². The summed E-state index contributed by atoms with van der Waals surface area (Å²) in [5.74, 6) is 0.673. The molecular weight excluding hydrogens is 369 g/mol. The van der Waals surface area contributed by atoms with Crippen LogP contribution < -0.4 is 16.8 Å². The third-order valence-electron chi connectivity index (χ3n) is 2.35. The van der Waals surface area contributed by atoms with Crippen molar-refractivity contribution >= 4 is 35.8 Å². The highest BCUT2D eigenvalue weighted by Gasteiger charge is 2.10. The Balaban J connectivity index is 0.00000361. The number of nitrogen functional groups attached to an aromatic ring is 1. The van der Waals surface area contributed by atoms with Crippen molar-refractivity contribution in [2.45, 2.75) is 39.2 Å². The zero-order valence-corrected chi connectivity index (χ0v) is 14.4. The molecule has 0 spiro atoms. The molecule has 0 aromatic carbocycles. The highest BCUT2D eigenvalue weighted by atomic mass is 127. The van der Waals surface area contributed by atoms with Gasteiger partial charge in [-0.1, -0.05) is 0 Å². The Morgan fingerprint density at radius 2 is 2.15 bits per heavy atom. The van der Waals surface area contributed by atoms with E-state index in [4.69, 9.17) is 16.7 Å². The van der Waals surface area contributed by atoms with Crippen molar-refractivity contribution in [1.82, 2.24) is 15.5 Å². The number of nitrogens with zero attached hydrogens (tertiary/aromatic N) is 3. The largest absolute Gasteiger partial charge is 0.381 e. The second kappa shape index (κ2) is 7.94. The second-order valence-electron chi connectivity index (χ2n) is 5.32. The van der Waals surface area contributed by atoms with E-state index in [0.717, 1.165) is 12.1 Å². The summed E-state index contributed by atoms with van der Waals surface area (Å²) in [4.78, 5) is 4.22. The summed E-state index contributed by atoms with van der Waals surface area (Å²) in [5, 5.41) is 18.6. The third-order valence-corrected chi connectivity index (χ3v) is 2.35. The van der Waals surface area contributed by atoms with Crippen LogP contribution in [-0.4, -0.2) is 28.2 Å². The van der Waals surface area contributed by atoms with Gasteiger partial charge in [-0.15, -0.1) is 24.0 Å². The maximum atomic E-state index is 8.91. The van der Waals surface area contributed by atoms with E-state index in [1.807, 2.05) is 26.8 Å². The summed E-state index contributed by atoms with van der Waals surface area (Å²) in [6.45, 7) is 6.63. The molecule has 0 bridgehead atoms. The molecule has 1 aromatic rings. The van der Waals surface area contributed by atoms with Crippen molar-refractivity contribution in [3.05, 3.63) is 11.3 Å². The van der Waals surface area contributed by atoms with Crippen molar-refractivity contribution in [2.75, 3.05) is 12.3 Å². The highest BCUT2D eigenvalue weighted by molar-refractivity contribution is 14.0. The van der Waals surface area contributed by atoms with Crippen molar-refractivity contribution in [1.29, 1.82) is 5.26 Å². The Hall–Kier alpha value is -1.50. The van der Waals surface area contributed by atoms with E-state index in [0.29, 0.717) is 24.5 Å². The topological polar surface area (TPSA) is 129 Å². The van der Waals surface area contributed by atoms with Gasteiger partial charge in [-0.2, -0.15) is 10.4 Å². The van der Waals surface area contributed by atoms with E-state index < -0.39 is 0 Å². The van der Waals surface area contributed by atoms with Gasteiger partial charge in [0.15, 0.2) is 11.8 Å². The fraction of sp³-hybridized carbons (Fsp3) is 0.583. The molecule has 0 unspecified atom stereocenters. The third kappa shape index (κ3) is 6.10. The fourth-order valence-corrected chi connectivity index (χ4v) is 1.58. The van der Waals surface area contributed by atoms with Crippen LogP contribution in [0.1, 0.15) is 38.4 Å². The molecule has 0 aliphatic rings. The summed E-state index contributed by atoms with van der Waals surface area (Å²) in [7, 11) is 0. The average molecular weight is 391 g/mol. The Morgan fingerprint density at radius 1 is 1.50 bits per heavy atom. The minimum absolute atomic E-state index is 0. The van der Waals surface area contributed by atoms with Gasteiger partial charge < -0.3 is 16.8 Å². The van der Waals surface area contributed by atoms with Gasteiger partial charge in [0.2, 0.25) is 0 Å². The monoisotopic (exact) mass is 391 g/mol. The second-order valence-corrected chi connectivity index (χ2v) is 5.32. The van der Waals surface area contributed by atoms with Crippen LogP contribution in [-0.2, 0) is 6.42 Å². The molecule has 8 heteroatoms. The van der Waals surface area contributed by atoms with Crippen LogP contribution in [0.25, 0.3) is 0 Å². The van der Waals surface area contributed by atoms with Crippen molar-refractivity contribution in [3.63, 3.8) is 0 Å². The summed E-state index contributed by atoms with van der Waals surface area (Å²) in [6, 6.07) is 2.03. The first-order valence-electron chi connectivity index (χ1n) is 6.14. The molecule has 6 N–H and O–H groups in total. The quantitative estimate of drug-likeness (QED) is 0.265. The number of aromatic amines is 1. The number of guanidine groups is 1. The molecule has 0 aliphatic heterocycles. The number of aliphatic imine (C=N–C) groups is 1. The predicted octanol–water partition coefficient (Wildman–Crippen LogP) is 1.12. The number of nitrogens with two attached hydrogens (primary N) is 2. The number of nitrogens with one attached hydrogen (secondary N) is 2. The standard InChI is InChI=1S/C12H21N7.HI/c1-12(2,3)17-11(15)16-6-4-5-9-8(7-13)10(14)19-18-9;/h4-6H2,1-3H3,(H3,14,18,19)(H3,15,16,17);1H. The lowest BCUT2D eigenvalue weighted by Gasteiger charge is -2.20. The summed E-state index contributed by atoms with van der Waals surface area (Å²) < 4.78 is 0. The van der Waals surface area contributed by atoms with E-state index in [9.17, 15) is 0 Å². The van der Waals surface area contributed by atoms with Crippen LogP contribution in [0.2, 0.25) is 0 Å². The molecule has 0 saturated heterocycles. The number of anilines is 1. The first-order chi connectivity index (χ1) is 8.83. The molecule has 1 heterocycles. The highest BCUT2D eigenvalue weighted by Crippen LogP contribution is 2.13. The number of hydrogen-bond donors (Lipinski definition) is 4. The minimum atomic E-state index is -0.0978. The lowest BCUT2D eigenvalue weighted by Crippen LogP contribution is -2.45. The molecule has 0 radical (unpaired) electrons. The molecule has 1 aromatic heterocycles. The maximum absolute atomic E-state index is 8.91. The van der Waals surface area contributed by atoms with Gasteiger partial charge in [0.05, 0.1) is 5.69 Å². The number of H-pyrrole nitrogens is 1. The minimum Gasteiger partial charge on any atom is -0.381 e. The van der Waals surface area contributed by atoms with Gasteiger partial charge in [0, 0.05) is 12.1 Å². The van der Waals surface area contributed by atoms with Gasteiger partial charge in [0.25, 0.3) is 0 Å². The SMILES string of the molecule is CC(C)(C)NC(N)=NCCCc1[nH]nc(N)c1C#N.I. The molecule has 20 heavy (non-hydrogen) atoms. The molecule has 0 amide bonds. The van der Waals surface area contributed by atoms with Gasteiger partial charge >= 0.3 is 0 Å². The number of rotatable bonds is 4. The Kier molecular flexibility index (Phi) is 7.34. The Morgan fingerprint density at radius 3 is 2.70 bits per heavy atom. The van der Waals surface area contributed by atoms with Crippen LogP contribution in [0.4, 0.5) is 5.82 Å². The number of halogens is 1. The number of nitriles is 1. The van der Waals surface area contributed by atoms with E-state index in [1.54, 1.807) is 0 Å². The smallest absolute Gasteiger partial charge is 0.188 e. The van der Waals surface area contributed by atoms with Crippen LogP contribution in [0, 0.1) is 11.3 Å². The first kappa shape index (κ1) is 18.5. The normalized spacial score (nSPS) is 11.6. The number of aromatic nitrogens is 2. The van der Waals surface area contributed by atoms with E-state index in [-0.39, 0.29) is 35.3 Å². The number of hydrogen-bond acceptors (Lipinski definition) is 4. The predicted molar refractivity (Wildman–Crippen MR) is 90.8 cm³/mol. The number of aryl methyl sites for hydroxylation is 1. The van der Waals surface area contributed by atoms with Crippen LogP contribution in [0.5, 0.6) is 0 Å². The molecule has 0 atom stereocenters. The zero-order valence-electron chi connectivity index (χ0n) is 12.0. The first-order valence-corrected chi connectivity index (χ1v) is 6.14. The molecule has 0 aliphatic carbocycles. The van der Waals surface area contributed by atoms with Gasteiger partial charge in [0.1, 0.15) is 11.6 Å². The molecule has 1 rings (SSSR count).